The van der Waals surface area contributed by atoms with Crippen LogP contribution in [0.1, 0.15) is 24.4 Å². The van der Waals surface area contributed by atoms with Crippen LogP contribution < -0.4 is 9.64 Å². The third kappa shape index (κ3) is 4.71. The topological polar surface area (TPSA) is 58.8 Å². The summed E-state index contributed by atoms with van der Waals surface area (Å²) in [6.07, 6.45) is 0. The van der Waals surface area contributed by atoms with Crippen LogP contribution in [0.3, 0.4) is 0 Å². The molecule has 0 aliphatic carbocycles. The second-order valence-corrected chi connectivity index (χ2v) is 8.44. The van der Waals surface area contributed by atoms with Gasteiger partial charge in [0.2, 0.25) is 0 Å². The maximum atomic E-state index is 13.5. The van der Waals surface area contributed by atoms with Crippen LogP contribution in [0.4, 0.5) is 5.13 Å². The van der Waals surface area contributed by atoms with Crippen molar-refractivity contribution in [2.45, 2.75) is 13.8 Å². The van der Waals surface area contributed by atoms with Gasteiger partial charge >= 0.3 is 0 Å². The molecule has 0 spiro atoms. The minimum absolute atomic E-state index is 0. The van der Waals surface area contributed by atoms with Gasteiger partial charge < -0.3 is 14.1 Å². The fourth-order valence-corrected chi connectivity index (χ4v) is 4.79. The molecule has 2 aromatic carbocycles. The molecule has 9 heteroatoms. The van der Waals surface area contributed by atoms with E-state index in [1.807, 2.05) is 24.3 Å². The molecule has 0 radical (unpaired) electrons. The number of thiazole rings is 1. The van der Waals surface area contributed by atoms with Crippen LogP contribution in [0, 0.1) is 0 Å². The summed E-state index contributed by atoms with van der Waals surface area (Å²) in [6, 6.07) is 12.9. The molecule has 170 valence electrons. The van der Waals surface area contributed by atoms with Gasteiger partial charge in [0.1, 0.15) is 16.8 Å². The first-order chi connectivity index (χ1) is 15.0. The van der Waals surface area contributed by atoms with Gasteiger partial charge in [0.05, 0.1) is 16.8 Å². The number of fused-ring (bicyclic) bond motifs is 2. The van der Waals surface area contributed by atoms with Crippen LogP contribution in [0.2, 0.25) is 5.02 Å². The molecule has 4 aromatic rings. The second-order valence-electron chi connectivity index (χ2n) is 7.06. The zero-order chi connectivity index (χ0) is 22.0. The highest BCUT2D eigenvalue weighted by molar-refractivity contribution is 7.23. The summed E-state index contributed by atoms with van der Waals surface area (Å²) in [6.45, 7) is 7.23. The van der Waals surface area contributed by atoms with Gasteiger partial charge in [0, 0.05) is 18.5 Å². The van der Waals surface area contributed by atoms with Crippen molar-refractivity contribution < 1.29 is 13.9 Å². The monoisotopic (exact) mass is 493 g/mol. The molecule has 0 unspecified atom stereocenters. The number of likely N-dealkylation sites (N-methyl/N-ethyl adjacent to an activating group) is 1. The van der Waals surface area contributed by atoms with Crippen molar-refractivity contribution in [2.24, 2.45) is 0 Å². The van der Waals surface area contributed by atoms with Crippen LogP contribution in [0.25, 0.3) is 21.2 Å². The highest BCUT2D eigenvalue weighted by Crippen LogP contribution is 2.39. The van der Waals surface area contributed by atoms with E-state index >= 15 is 0 Å². The molecule has 0 aliphatic rings. The number of hydrogen-bond donors (Lipinski definition) is 0. The van der Waals surface area contributed by atoms with Gasteiger partial charge in [0.25, 0.3) is 5.91 Å². The van der Waals surface area contributed by atoms with Crippen molar-refractivity contribution >= 4 is 67.6 Å². The lowest BCUT2D eigenvalue weighted by molar-refractivity contribution is 0.0959. The molecule has 4 rings (SSSR count). The van der Waals surface area contributed by atoms with Crippen molar-refractivity contribution in [3.8, 4) is 5.75 Å². The number of para-hydroxylation sites is 1. The normalized spacial score (nSPS) is 11.2. The predicted octanol–water partition coefficient (Wildman–Crippen LogP) is 6.11. The van der Waals surface area contributed by atoms with Crippen LogP contribution in [0.5, 0.6) is 5.75 Å². The largest absolute Gasteiger partial charge is 0.494 e. The number of ether oxygens (including phenoxy) is 1. The summed E-state index contributed by atoms with van der Waals surface area (Å²) in [5.74, 6) is 0.692. The molecule has 0 saturated heterocycles. The second kappa shape index (κ2) is 10.5. The summed E-state index contributed by atoms with van der Waals surface area (Å²) in [4.78, 5) is 22.2. The number of carbonyl (C=O) groups excluding carboxylic acids is 1. The first-order valence-corrected chi connectivity index (χ1v) is 11.4. The molecule has 2 aromatic heterocycles. The Kier molecular flexibility index (Phi) is 8.00. The van der Waals surface area contributed by atoms with E-state index in [4.69, 9.17) is 25.7 Å². The molecule has 2 heterocycles. The van der Waals surface area contributed by atoms with Crippen LogP contribution in [-0.4, -0.2) is 49.1 Å². The molecular weight excluding hydrogens is 469 g/mol. The maximum absolute atomic E-state index is 13.5. The summed E-state index contributed by atoms with van der Waals surface area (Å²) < 4.78 is 12.1. The number of halogens is 2. The van der Waals surface area contributed by atoms with Gasteiger partial charge in [-0.25, -0.2) is 4.98 Å². The first kappa shape index (κ1) is 24.3. The summed E-state index contributed by atoms with van der Waals surface area (Å²) in [5, 5.41) is 2.04. The molecule has 0 bridgehead atoms. The Hall–Kier alpha value is -2.32. The Labute approximate surface area is 202 Å². The zero-order valence-electron chi connectivity index (χ0n) is 18.1. The average molecular weight is 494 g/mol. The number of furan rings is 1. The number of rotatable bonds is 8. The maximum Gasteiger partial charge on any atom is 0.295 e. The van der Waals surface area contributed by atoms with Crippen LogP contribution >= 0.6 is 35.3 Å². The average Bonchev–Trinajstić information content (AvgIpc) is 3.42. The van der Waals surface area contributed by atoms with Gasteiger partial charge in [-0.15, -0.1) is 12.4 Å². The lowest BCUT2D eigenvalue weighted by Crippen LogP contribution is -2.38. The fourth-order valence-electron chi connectivity index (χ4n) is 3.51. The number of amides is 1. The Morgan fingerprint density at radius 2 is 1.91 bits per heavy atom. The minimum atomic E-state index is -0.225. The van der Waals surface area contributed by atoms with Crippen molar-refractivity contribution in [3.05, 3.63) is 53.2 Å². The van der Waals surface area contributed by atoms with E-state index in [1.165, 1.54) is 11.3 Å². The number of methoxy groups -OCH3 is 1. The number of nitrogens with zero attached hydrogens (tertiary/aromatic N) is 3. The molecule has 0 aliphatic heterocycles. The molecular formula is C23H25Cl2N3O3S. The smallest absolute Gasteiger partial charge is 0.295 e. The lowest BCUT2D eigenvalue weighted by atomic mass is 10.2. The molecule has 0 fully saturated rings. The minimum Gasteiger partial charge on any atom is -0.494 e. The zero-order valence-corrected chi connectivity index (χ0v) is 20.5. The Morgan fingerprint density at radius 3 is 2.59 bits per heavy atom. The molecule has 0 N–H and O–H groups in total. The number of anilines is 1. The van der Waals surface area contributed by atoms with E-state index in [0.29, 0.717) is 33.5 Å². The first-order valence-electron chi connectivity index (χ1n) is 10.2. The van der Waals surface area contributed by atoms with E-state index in [1.54, 1.807) is 30.2 Å². The third-order valence-electron chi connectivity index (χ3n) is 5.31. The third-order valence-corrected chi connectivity index (χ3v) is 6.85. The molecule has 1 amide bonds. The fraction of sp³-hybridized carbons (Fsp3) is 0.304. The Bertz CT molecular complexity index is 1190. The standard InChI is InChI=1S/C23H24ClN3O3S.ClH/c1-4-26(5-2)12-13-27(22(28)19-14-15-8-6-7-9-17(15)30-19)23-25-20-18(29-3)11-10-16(24)21(20)31-23;/h6-11,14H,4-5,12-13H2,1-3H3;1H. The van der Waals surface area contributed by atoms with Gasteiger partial charge in [-0.05, 0) is 37.4 Å². The predicted molar refractivity (Wildman–Crippen MR) is 134 cm³/mol. The summed E-state index contributed by atoms with van der Waals surface area (Å²) >= 11 is 7.79. The van der Waals surface area contributed by atoms with E-state index < -0.39 is 0 Å². The van der Waals surface area contributed by atoms with Crippen molar-refractivity contribution in [1.82, 2.24) is 9.88 Å². The van der Waals surface area contributed by atoms with E-state index in [0.717, 1.165) is 29.7 Å². The van der Waals surface area contributed by atoms with E-state index in [2.05, 4.69) is 18.7 Å². The highest BCUT2D eigenvalue weighted by atomic mass is 35.5. The molecule has 0 saturated carbocycles. The van der Waals surface area contributed by atoms with E-state index in [9.17, 15) is 4.79 Å². The van der Waals surface area contributed by atoms with Crippen LogP contribution in [-0.2, 0) is 0 Å². The summed E-state index contributed by atoms with van der Waals surface area (Å²) in [5.41, 5.74) is 1.34. The SMILES string of the molecule is CCN(CC)CCN(C(=O)c1cc2ccccc2o1)c1nc2c(OC)ccc(Cl)c2s1.Cl. The van der Waals surface area contributed by atoms with Crippen molar-refractivity contribution in [2.75, 3.05) is 38.2 Å². The van der Waals surface area contributed by atoms with Crippen LogP contribution in [0.15, 0.2) is 46.9 Å². The number of benzene rings is 2. The van der Waals surface area contributed by atoms with E-state index in [-0.39, 0.29) is 24.1 Å². The number of carbonyl (C=O) groups is 1. The number of aromatic nitrogens is 1. The summed E-state index contributed by atoms with van der Waals surface area (Å²) in [7, 11) is 1.60. The van der Waals surface area contributed by atoms with Gasteiger partial charge in [-0.3, -0.25) is 9.69 Å². The van der Waals surface area contributed by atoms with Gasteiger partial charge in [-0.2, -0.15) is 0 Å². The highest BCUT2D eigenvalue weighted by Gasteiger charge is 2.26. The molecule has 32 heavy (non-hydrogen) atoms. The van der Waals surface area contributed by atoms with Gasteiger partial charge in [0.15, 0.2) is 10.9 Å². The Morgan fingerprint density at radius 1 is 1.16 bits per heavy atom. The van der Waals surface area contributed by atoms with Crippen molar-refractivity contribution in [1.29, 1.82) is 0 Å². The number of hydrogen-bond acceptors (Lipinski definition) is 6. The van der Waals surface area contributed by atoms with Gasteiger partial charge in [-0.1, -0.05) is 55.0 Å². The lowest BCUT2D eigenvalue weighted by Gasteiger charge is -2.24. The quantitative estimate of drug-likeness (QED) is 0.296. The van der Waals surface area contributed by atoms with Crippen molar-refractivity contribution in [3.63, 3.8) is 0 Å². The molecule has 0 atom stereocenters. The molecule has 6 nitrogen and oxygen atoms in total. The Balaban J connectivity index is 0.00000289.